The second kappa shape index (κ2) is 12.4. The van der Waals surface area contributed by atoms with Gasteiger partial charge in [-0.1, -0.05) is 0 Å². The summed E-state index contributed by atoms with van der Waals surface area (Å²) in [6, 6.07) is 3.63. The first kappa shape index (κ1) is 28.9. The summed E-state index contributed by atoms with van der Waals surface area (Å²) in [6.45, 7) is 0. The predicted molar refractivity (Wildman–Crippen MR) is 116 cm³/mol. The summed E-state index contributed by atoms with van der Waals surface area (Å²) in [5.74, 6) is -0.841. The van der Waals surface area contributed by atoms with Crippen molar-refractivity contribution in [1.82, 2.24) is 19.6 Å². The van der Waals surface area contributed by atoms with E-state index in [1.54, 1.807) is 4.72 Å². The molecule has 0 radical (unpaired) electrons. The van der Waals surface area contributed by atoms with Crippen molar-refractivity contribution in [3.8, 4) is 11.8 Å². The smallest absolute Gasteiger partial charge is 1.00 e. The van der Waals surface area contributed by atoms with E-state index < -0.39 is 33.0 Å². The third kappa shape index (κ3) is 7.44. The Hall–Kier alpha value is -3.14. The zero-order valence-corrected chi connectivity index (χ0v) is 22.1. The Morgan fingerprint density at radius 2 is 1.56 bits per heavy atom. The van der Waals surface area contributed by atoms with Crippen LogP contribution in [-0.2, 0) is 14.8 Å². The van der Waals surface area contributed by atoms with Crippen molar-refractivity contribution in [1.29, 1.82) is 0 Å². The number of carbonyl (C=O) groups is 3. The molecule has 3 N–H and O–H groups in total. The van der Waals surface area contributed by atoms with Gasteiger partial charge < -0.3 is 20.5 Å². The molecule has 0 aliphatic heterocycles. The SMILES string of the molecule is COC(=O)Nc1ccc(C(=O)N(C)C)c(S(=O)(=O)NC(=O)Nc2nc(OC)cc(OC)n2)c1.[H-].[Na+]. The molecule has 34 heavy (non-hydrogen) atoms. The van der Waals surface area contributed by atoms with Gasteiger partial charge in [-0.3, -0.25) is 15.4 Å². The van der Waals surface area contributed by atoms with E-state index in [1.807, 2.05) is 0 Å². The fourth-order valence-electron chi connectivity index (χ4n) is 2.38. The maximum Gasteiger partial charge on any atom is 1.00 e. The van der Waals surface area contributed by atoms with Gasteiger partial charge in [-0.2, -0.15) is 9.97 Å². The number of amides is 4. The van der Waals surface area contributed by atoms with Crippen molar-refractivity contribution < 1.29 is 68.0 Å². The minimum Gasteiger partial charge on any atom is -1.00 e. The summed E-state index contributed by atoms with van der Waals surface area (Å²) in [5, 5.41) is 4.44. The molecule has 0 atom stereocenters. The maximum atomic E-state index is 13.0. The van der Waals surface area contributed by atoms with Crippen molar-refractivity contribution in [2.45, 2.75) is 4.90 Å². The summed E-state index contributed by atoms with van der Waals surface area (Å²) in [4.78, 5) is 44.7. The molecule has 0 bridgehead atoms. The van der Waals surface area contributed by atoms with Gasteiger partial charge in [-0.15, -0.1) is 0 Å². The molecule has 1 heterocycles. The van der Waals surface area contributed by atoms with Crippen molar-refractivity contribution in [3.63, 3.8) is 0 Å². The predicted octanol–water partition coefficient (Wildman–Crippen LogP) is -2.00. The van der Waals surface area contributed by atoms with Crippen LogP contribution in [0.3, 0.4) is 0 Å². The van der Waals surface area contributed by atoms with Crippen molar-refractivity contribution in [3.05, 3.63) is 29.8 Å². The second-order valence-corrected chi connectivity index (χ2v) is 8.01. The van der Waals surface area contributed by atoms with Crippen LogP contribution >= 0.6 is 0 Å². The van der Waals surface area contributed by atoms with E-state index in [4.69, 9.17) is 9.47 Å². The standard InChI is InChI=1S/C18H22N6O8S.Na.H/c1-24(2)15(25)11-7-6-10(19-18(27)32-5)8-12(11)33(28,29)23-17(26)22-16-20-13(30-3)9-14(21-16)31-4;;/h6-9H,1-5H3,(H,19,27)(H2,20,21,22,23,26);;/q;+1;-1. The fourth-order valence-corrected chi connectivity index (χ4v) is 3.51. The summed E-state index contributed by atoms with van der Waals surface area (Å²) < 4.78 is 42.1. The number of benzene rings is 1. The number of hydrogen-bond donors (Lipinski definition) is 3. The van der Waals surface area contributed by atoms with Gasteiger partial charge in [-0.25, -0.2) is 22.7 Å². The molecule has 0 spiro atoms. The number of nitrogens with one attached hydrogen (secondary N) is 3. The second-order valence-electron chi connectivity index (χ2n) is 6.36. The first-order valence-electron chi connectivity index (χ1n) is 9.02. The van der Waals surface area contributed by atoms with Gasteiger partial charge in [0.05, 0.1) is 33.0 Å². The van der Waals surface area contributed by atoms with Gasteiger partial charge in [0.15, 0.2) is 0 Å². The van der Waals surface area contributed by atoms with Gasteiger partial charge in [0.1, 0.15) is 4.90 Å². The quantitative estimate of drug-likeness (QED) is 0.356. The van der Waals surface area contributed by atoms with E-state index in [9.17, 15) is 22.8 Å². The summed E-state index contributed by atoms with van der Waals surface area (Å²) in [5.41, 5.74) is -0.228. The Labute approximate surface area is 219 Å². The Kier molecular flexibility index (Phi) is 10.5. The first-order chi connectivity index (χ1) is 15.5. The largest absolute Gasteiger partial charge is 1.00 e. The van der Waals surface area contributed by atoms with E-state index in [2.05, 4.69) is 25.3 Å². The Morgan fingerprint density at radius 3 is 2.06 bits per heavy atom. The van der Waals surface area contributed by atoms with Crippen LogP contribution in [0.5, 0.6) is 11.8 Å². The number of carbonyl (C=O) groups excluding carboxylic acids is 3. The van der Waals surface area contributed by atoms with Crippen LogP contribution in [0.2, 0.25) is 0 Å². The number of anilines is 2. The summed E-state index contributed by atoms with van der Waals surface area (Å²) >= 11 is 0. The Bertz CT molecular complexity index is 1160. The van der Waals surface area contributed by atoms with Crippen LogP contribution in [0, 0.1) is 0 Å². The van der Waals surface area contributed by atoms with Crippen LogP contribution in [0.25, 0.3) is 0 Å². The molecule has 14 nitrogen and oxygen atoms in total. The van der Waals surface area contributed by atoms with Gasteiger partial charge >= 0.3 is 41.7 Å². The number of ether oxygens (including phenoxy) is 3. The van der Waals surface area contributed by atoms with Crippen molar-refractivity contribution in [2.75, 3.05) is 46.1 Å². The average molecular weight is 506 g/mol. The molecule has 1 aromatic heterocycles. The van der Waals surface area contributed by atoms with E-state index in [1.165, 1.54) is 46.5 Å². The number of urea groups is 1. The van der Waals surface area contributed by atoms with Gasteiger partial charge in [-0.05, 0) is 18.2 Å². The van der Waals surface area contributed by atoms with E-state index in [-0.39, 0.29) is 59.9 Å². The number of nitrogens with zero attached hydrogens (tertiary/aromatic N) is 3. The molecule has 0 saturated carbocycles. The van der Waals surface area contributed by atoms with Gasteiger partial charge in [0.2, 0.25) is 17.7 Å². The van der Waals surface area contributed by atoms with Crippen molar-refractivity contribution in [2.24, 2.45) is 0 Å². The normalized spacial score (nSPS) is 10.3. The van der Waals surface area contributed by atoms with Crippen LogP contribution in [0.15, 0.2) is 29.2 Å². The van der Waals surface area contributed by atoms with Crippen molar-refractivity contribution >= 4 is 39.7 Å². The molecule has 16 heteroatoms. The zero-order valence-electron chi connectivity index (χ0n) is 20.3. The van der Waals surface area contributed by atoms with Gasteiger partial charge in [0, 0.05) is 19.8 Å². The summed E-state index contributed by atoms with van der Waals surface area (Å²) in [7, 11) is 2.02. The fraction of sp³-hybridized carbons (Fsp3) is 0.278. The molecule has 4 amide bonds. The third-order valence-electron chi connectivity index (χ3n) is 3.89. The molecular formula is C18H23N6NaO8S. The molecule has 0 unspecified atom stereocenters. The Morgan fingerprint density at radius 1 is 0.971 bits per heavy atom. The molecular weight excluding hydrogens is 483 g/mol. The molecule has 2 rings (SSSR count). The molecule has 0 saturated heterocycles. The molecule has 1 aromatic carbocycles. The van der Waals surface area contributed by atoms with E-state index in [0.717, 1.165) is 18.1 Å². The number of aromatic nitrogens is 2. The molecule has 0 fully saturated rings. The van der Waals surface area contributed by atoms with Crippen LogP contribution in [-0.4, -0.2) is 76.7 Å². The molecule has 180 valence electrons. The molecule has 0 aliphatic rings. The maximum absolute atomic E-state index is 13.0. The summed E-state index contributed by atoms with van der Waals surface area (Å²) in [6.07, 6.45) is -0.861. The van der Waals surface area contributed by atoms with E-state index >= 15 is 0 Å². The monoisotopic (exact) mass is 506 g/mol. The topological polar surface area (TPSA) is 178 Å². The number of methoxy groups -OCH3 is 3. The van der Waals surface area contributed by atoms with Crippen LogP contribution < -0.4 is 54.4 Å². The third-order valence-corrected chi connectivity index (χ3v) is 5.26. The Balaban J connectivity index is 0.00000578. The minimum atomic E-state index is -4.60. The van der Waals surface area contributed by atoms with E-state index in [0.29, 0.717) is 0 Å². The average Bonchev–Trinajstić information content (AvgIpc) is 2.77. The molecule has 0 aliphatic carbocycles. The first-order valence-corrected chi connectivity index (χ1v) is 10.5. The molecule has 2 aromatic rings. The zero-order chi connectivity index (χ0) is 24.8. The number of sulfonamides is 1. The number of rotatable bonds is 7. The van der Waals surface area contributed by atoms with Crippen LogP contribution in [0.1, 0.15) is 11.8 Å². The number of hydrogen-bond acceptors (Lipinski definition) is 10. The minimum absolute atomic E-state index is 0. The van der Waals surface area contributed by atoms with Gasteiger partial charge in [0.25, 0.3) is 15.9 Å². The van der Waals surface area contributed by atoms with Crippen LogP contribution in [0.4, 0.5) is 21.2 Å².